The third-order valence-electron chi connectivity index (χ3n) is 3.43. The van der Waals surface area contributed by atoms with Crippen molar-refractivity contribution >= 4 is 5.88 Å². The van der Waals surface area contributed by atoms with Crippen LogP contribution in [0.1, 0.15) is 51.6 Å². The van der Waals surface area contributed by atoms with Crippen LogP contribution in [0.2, 0.25) is 0 Å². The SMILES string of the molecule is CC(C)CC1(c2cc(N)on2)CCCC1. The first-order valence-corrected chi connectivity index (χ1v) is 5.85. The molecule has 0 atom stereocenters. The molecule has 0 amide bonds. The predicted molar refractivity (Wildman–Crippen MR) is 60.5 cm³/mol. The summed E-state index contributed by atoms with van der Waals surface area (Å²) >= 11 is 0. The van der Waals surface area contributed by atoms with Crippen LogP contribution in [-0.2, 0) is 5.41 Å². The number of hydrogen-bond acceptors (Lipinski definition) is 3. The van der Waals surface area contributed by atoms with E-state index in [1.54, 1.807) is 0 Å². The van der Waals surface area contributed by atoms with Crippen LogP contribution in [0.15, 0.2) is 10.6 Å². The Balaban J connectivity index is 2.26. The van der Waals surface area contributed by atoms with E-state index >= 15 is 0 Å². The highest BCUT2D eigenvalue weighted by atomic mass is 16.5. The van der Waals surface area contributed by atoms with Gasteiger partial charge in [-0.25, -0.2) is 0 Å². The third-order valence-corrected chi connectivity index (χ3v) is 3.43. The van der Waals surface area contributed by atoms with E-state index < -0.39 is 0 Å². The summed E-state index contributed by atoms with van der Waals surface area (Å²) in [5.41, 5.74) is 6.93. The van der Waals surface area contributed by atoms with Crippen molar-refractivity contribution in [2.45, 2.75) is 51.4 Å². The van der Waals surface area contributed by atoms with Gasteiger partial charge in [-0.2, -0.15) is 0 Å². The Morgan fingerprint density at radius 1 is 1.47 bits per heavy atom. The van der Waals surface area contributed by atoms with Crippen LogP contribution in [0.3, 0.4) is 0 Å². The summed E-state index contributed by atoms with van der Waals surface area (Å²) in [6.07, 6.45) is 6.27. The molecule has 2 N–H and O–H groups in total. The van der Waals surface area contributed by atoms with Crippen molar-refractivity contribution in [1.82, 2.24) is 5.16 Å². The average molecular weight is 208 g/mol. The summed E-state index contributed by atoms with van der Waals surface area (Å²) < 4.78 is 5.01. The van der Waals surface area contributed by atoms with E-state index in [-0.39, 0.29) is 5.41 Å². The maximum Gasteiger partial charge on any atom is 0.222 e. The van der Waals surface area contributed by atoms with Crippen LogP contribution in [0.25, 0.3) is 0 Å². The molecular formula is C12H20N2O. The average Bonchev–Trinajstić information content (AvgIpc) is 2.73. The maximum absolute atomic E-state index is 5.61. The zero-order valence-corrected chi connectivity index (χ0v) is 9.62. The summed E-state index contributed by atoms with van der Waals surface area (Å²) in [6, 6.07) is 1.91. The summed E-state index contributed by atoms with van der Waals surface area (Å²) in [5, 5.41) is 4.12. The number of rotatable bonds is 3. The summed E-state index contributed by atoms with van der Waals surface area (Å²) in [5.74, 6) is 1.14. The molecule has 3 heteroatoms. The quantitative estimate of drug-likeness (QED) is 0.830. The maximum atomic E-state index is 5.61. The second-order valence-electron chi connectivity index (χ2n) is 5.20. The van der Waals surface area contributed by atoms with Gasteiger partial charge in [-0.15, -0.1) is 0 Å². The lowest BCUT2D eigenvalue weighted by atomic mass is 9.76. The van der Waals surface area contributed by atoms with Crippen LogP contribution in [-0.4, -0.2) is 5.16 Å². The molecule has 0 bridgehead atoms. The standard InChI is InChI=1S/C12H20N2O/c1-9(2)8-12(5-3-4-6-12)10-7-11(13)15-14-10/h7,9H,3-6,8,13H2,1-2H3. The van der Waals surface area contributed by atoms with Gasteiger partial charge in [0.15, 0.2) is 0 Å². The van der Waals surface area contributed by atoms with Crippen molar-refractivity contribution in [2.24, 2.45) is 5.92 Å². The number of nitrogens with zero attached hydrogens (tertiary/aromatic N) is 1. The number of nitrogen functional groups attached to an aromatic ring is 1. The molecule has 0 aliphatic heterocycles. The smallest absolute Gasteiger partial charge is 0.222 e. The number of hydrogen-bond donors (Lipinski definition) is 1. The van der Waals surface area contributed by atoms with E-state index in [0.717, 1.165) is 5.69 Å². The molecule has 1 heterocycles. The van der Waals surface area contributed by atoms with Gasteiger partial charge in [-0.3, -0.25) is 0 Å². The number of aromatic nitrogens is 1. The van der Waals surface area contributed by atoms with Crippen LogP contribution in [0.5, 0.6) is 0 Å². The Hall–Kier alpha value is -0.990. The minimum absolute atomic E-state index is 0.245. The molecule has 1 aromatic heterocycles. The molecule has 0 aromatic carbocycles. The van der Waals surface area contributed by atoms with Gasteiger partial charge in [0.2, 0.25) is 5.88 Å². The molecule has 1 fully saturated rings. The van der Waals surface area contributed by atoms with Gasteiger partial charge in [0, 0.05) is 11.5 Å². The summed E-state index contributed by atoms with van der Waals surface area (Å²) in [4.78, 5) is 0. The van der Waals surface area contributed by atoms with Crippen molar-refractivity contribution < 1.29 is 4.52 Å². The molecular weight excluding hydrogens is 188 g/mol. The fraction of sp³-hybridized carbons (Fsp3) is 0.750. The van der Waals surface area contributed by atoms with Gasteiger partial charge in [-0.05, 0) is 25.2 Å². The molecule has 0 saturated heterocycles. The van der Waals surface area contributed by atoms with Crippen molar-refractivity contribution in [2.75, 3.05) is 5.73 Å². The van der Waals surface area contributed by atoms with Gasteiger partial charge in [0.1, 0.15) is 0 Å². The van der Waals surface area contributed by atoms with E-state index in [1.165, 1.54) is 32.1 Å². The second-order valence-corrected chi connectivity index (χ2v) is 5.20. The Bertz CT molecular complexity index is 324. The van der Waals surface area contributed by atoms with Crippen molar-refractivity contribution in [3.8, 4) is 0 Å². The van der Waals surface area contributed by atoms with E-state index in [1.807, 2.05) is 6.07 Å². The lowest BCUT2D eigenvalue weighted by Gasteiger charge is -2.28. The third kappa shape index (κ3) is 2.01. The van der Waals surface area contributed by atoms with Gasteiger partial charge in [-0.1, -0.05) is 31.8 Å². The number of nitrogens with two attached hydrogens (primary N) is 1. The predicted octanol–water partition coefficient (Wildman–Crippen LogP) is 3.11. The summed E-state index contributed by atoms with van der Waals surface area (Å²) in [6.45, 7) is 4.53. The van der Waals surface area contributed by atoms with Crippen LogP contribution in [0, 0.1) is 5.92 Å². The molecule has 1 aromatic rings. The van der Waals surface area contributed by atoms with Crippen molar-refractivity contribution in [1.29, 1.82) is 0 Å². The number of anilines is 1. The molecule has 0 spiro atoms. The minimum Gasteiger partial charge on any atom is -0.368 e. The van der Waals surface area contributed by atoms with Gasteiger partial charge >= 0.3 is 0 Å². The fourth-order valence-electron chi connectivity index (χ4n) is 2.94. The first-order chi connectivity index (χ1) is 7.12. The monoisotopic (exact) mass is 208 g/mol. The highest BCUT2D eigenvalue weighted by Gasteiger charge is 2.38. The van der Waals surface area contributed by atoms with Crippen LogP contribution in [0.4, 0.5) is 5.88 Å². The lowest BCUT2D eigenvalue weighted by Crippen LogP contribution is -2.24. The van der Waals surface area contributed by atoms with E-state index in [0.29, 0.717) is 11.8 Å². The van der Waals surface area contributed by atoms with E-state index in [9.17, 15) is 0 Å². The van der Waals surface area contributed by atoms with Crippen molar-refractivity contribution in [3.05, 3.63) is 11.8 Å². The first kappa shape index (κ1) is 10.5. The van der Waals surface area contributed by atoms with Gasteiger partial charge in [0.05, 0.1) is 5.69 Å². The minimum atomic E-state index is 0.245. The molecule has 1 saturated carbocycles. The molecule has 84 valence electrons. The molecule has 3 nitrogen and oxygen atoms in total. The molecule has 15 heavy (non-hydrogen) atoms. The van der Waals surface area contributed by atoms with Gasteiger partial charge < -0.3 is 10.3 Å². The molecule has 2 rings (SSSR count). The Kier molecular flexibility index (Phi) is 2.72. The highest BCUT2D eigenvalue weighted by Crippen LogP contribution is 2.45. The molecule has 0 radical (unpaired) electrons. The van der Waals surface area contributed by atoms with Crippen LogP contribution >= 0.6 is 0 Å². The van der Waals surface area contributed by atoms with E-state index in [2.05, 4.69) is 19.0 Å². The lowest BCUT2D eigenvalue weighted by molar-refractivity contribution is 0.315. The van der Waals surface area contributed by atoms with Gasteiger partial charge in [0.25, 0.3) is 0 Å². The Morgan fingerprint density at radius 3 is 2.60 bits per heavy atom. The molecule has 1 aliphatic rings. The topological polar surface area (TPSA) is 52.0 Å². The second kappa shape index (κ2) is 3.87. The van der Waals surface area contributed by atoms with E-state index in [4.69, 9.17) is 10.3 Å². The normalized spacial score (nSPS) is 19.9. The first-order valence-electron chi connectivity index (χ1n) is 5.85. The van der Waals surface area contributed by atoms with Crippen molar-refractivity contribution in [3.63, 3.8) is 0 Å². The zero-order chi connectivity index (χ0) is 10.9. The Labute approximate surface area is 91.0 Å². The molecule has 1 aliphatic carbocycles. The summed E-state index contributed by atoms with van der Waals surface area (Å²) in [7, 11) is 0. The fourth-order valence-corrected chi connectivity index (χ4v) is 2.94. The largest absolute Gasteiger partial charge is 0.368 e. The highest BCUT2D eigenvalue weighted by molar-refractivity contribution is 5.30. The van der Waals surface area contributed by atoms with Crippen LogP contribution < -0.4 is 5.73 Å². The zero-order valence-electron chi connectivity index (χ0n) is 9.62. The molecule has 0 unspecified atom stereocenters. The Morgan fingerprint density at radius 2 is 2.13 bits per heavy atom.